The van der Waals surface area contributed by atoms with Crippen molar-refractivity contribution in [2.75, 3.05) is 60.2 Å². The lowest BCUT2D eigenvalue weighted by molar-refractivity contribution is 0.0888. The number of nitrogens with zero attached hydrogens (tertiary/aromatic N) is 2. The lowest BCUT2D eigenvalue weighted by Crippen LogP contribution is -2.42. The van der Waals surface area contributed by atoms with Crippen LogP contribution in [-0.2, 0) is 9.47 Å². The molecule has 1 aliphatic heterocycles. The molecule has 1 saturated heterocycles. The number of hydrogen-bond donors (Lipinski definition) is 2. The lowest BCUT2D eigenvalue weighted by Gasteiger charge is -2.21. The highest BCUT2D eigenvalue weighted by atomic mass is 16.5. The molecule has 1 fully saturated rings. The Labute approximate surface area is 135 Å². The second-order valence-electron chi connectivity index (χ2n) is 6.16. The fourth-order valence-corrected chi connectivity index (χ4v) is 2.18. The van der Waals surface area contributed by atoms with Gasteiger partial charge in [0, 0.05) is 51.9 Å². The highest BCUT2D eigenvalue weighted by molar-refractivity contribution is 5.79. The van der Waals surface area contributed by atoms with Gasteiger partial charge in [-0.25, -0.2) is 0 Å². The predicted octanol–water partition coefficient (Wildman–Crippen LogP) is 0.935. The van der Waals surface area contributed by atoms with Crippen molar-refractivity contribution in [1.29, 1.82) is 0 Å². The van der Waals surface area contributed by atoms with Gasteiger partial charge in [0.15, 0.2) is 5.96 Å². The van der Waals surface area contributed by atoms with E-state index in [1.54, 1.807) is 7.05 Å². The lowest BCUT2D eigenvalue weighted by atomic mass is 10.1. The minimum absolute atomic E-state index is 0.569. The van der Waals surface area contributed by atoms with Crippen molar-refractivity contribution in [2.24, 2.45) is 10.9 Å². The first-order chi connectivity index (χ1) is 10.6. The van der Waals surface area contributed by atoms with Crippen molar-refractivity contribution in [3.05, 3.63) is 0 Å². The summed E-state index contributed by atoms with van der Waals surface area (Å²) in [6.07, 6.45) is 2.12. The molecule has 0 amide bonds. The molecule has 1 aliphatic rings. The minimum Gasteiger partial charge on any atom is -0.381 e. The van der Waals surface area contributed by atoms with Crippen LogP contribution in [0, 0.1) is 5.92 Å². The number of hydrogen-bond acceptors (Lipinski definition) is 4. The fourth-order valence-electron chi connectivity index (χ4n) is 2.18. The summed E-state index contributed by atoms with van der Waals surface area (Å²) in [7, 11) is 3.94. The summed E-state index contributed by atoms with van der Waals surface area (Å²) in [6, 6.07) is 0.569. The van der Waals surface area contributed by atoms with Crippen LogP contribution in [0.4, 0.5) is 0 Å². The molecular weight excluding hydrogens is 280 g/mol. The first kappa shape index (κ1) is 19.2. The van der Waals surface area contributed by atoms with Crippen molar-refractivity contribution in [3.8, 4) is 0 Å². The zero-order valence-electron chi connectivity index (χ0n) is 14.7. The Morgan fingerprint density at radius 1 is 1.36 bits per heavy atom. The van der Waals surface area contributed by atoms with Crippen molar-refractivity contribution < 1.29 is 9.47 Å². The van der Waals surface area contributed by atoms with Crippen LogP contribution >= 0.6 is 0 Å². The third-order valence-corrected chi connectivity index (χ3v) is 4.00. The van der Waals surface area contributed by atoms with Crippen LogP contribution in [0.15, 0.2) is 4.99 Å². The number of likely N-dealkylation sites (N-methyl/N-ethyl adjacent to an activating group) is 1. The summed E-state index contributed by atoms with van der Waals surface area (Å²) in [4.78, 5) is 6.54. The van der Waals surface area contributed by atoms with E-state index < -0.39 is 0 Å². The van der Waals surface area contributed by atoms with E-state index in [1.165, 1.54) is 0 Å². The molecule has 1 atom stereocenters. The standard InChI is InChI=1S/C16H34N4O2/c1-14(2)20(4)9-8-19-16(17-3)18-7-5-10-21-12-15-6-11-22-13-15/h14-15H,5-13H2,1-4H3,(H2,17,18,19). The molecule has 6 nitrogen and oxygen atoms in total. The largest absolute Gasteiger partial charge is 0.381 e. The van der Waals surface area contributed by atoms with Gasteiger partial charge in [-0.3, -0.25) is 4.99 Å². The minimum atomic E-state index is 0.569. The second kappa shape index (κ2) is 11.7. The maximum absolute atomic E-state index is 5.69. The molecule has 1 unspecified atom stereocenters. The number of guanidine groups is 1. The SMILES string of the molecule is CN=C(NCCCOCC1CCOC1)NCCN(C)C(C)C. The molecule has 0 saturated carbocycles. The average molecular weight is 314 g/mol. The van der Waals surface area contributed by atoms with Gasteiger partial charge in [-0.1, -0.05) is 0 Å². The van der Waals surface area contributed by atoms with E-state index in [0.29, 0.717) is 12.0 Å². The Morgan fingerprint density at radius 3 is 2.77 bits per heavy atom. The molecule has 2 N–H and O–H groups in total. The topological polar surface area (TPSA) is 58.1 Å². The molecule has 0 bridgehead atoms. The highest BCUT2D eigenvalue weighted by Gasteiger charge is 2.15. The molecule has 1 rings (SSSR count). The Morgan fingerprint density at radius 2 is 2.14 bits per heavy atom. The van der Waals surface area contributed by atoms with Crippen molar-refractivity contribution in [1.82, 2.24) is 15.5 Å². The van der Waals surface area contributed by atoms with E-state index >= 15 is 0 Å². The Hall–Kier alpha value is -0.850. The van der Waals surface area contributed by atoms with Gasteiger partial charge in [0.25, 0.3) is 0 Å². The van der Waals surface area contributed by atoms with E-state index in [2.05, 4.69) is 41.4 Å². The van der Waals surface area contributed by atoms with Crippen LogP contribution in [0.2, 0.25) is 0 Å². The summed E-state index contributed by atoms with van der Waals surface area (Å²) < 4.78 is 11.0. The normalized spacial score (nSPS) is 19.2. The van der Waals surface area contributed by atoms with E-state index in [0.717, 1.165) is 64.9 Å². The fraction of sp³-hybridized carbons (Fsp3) is 0.938. The van der Waals surface area contributed by atoms with Gasteiger partial charge < -0.3 is 25.0 Å². The number of aliphatic imine (C=N–C) groups is 1. The van der Waals surface area contributed by atoms with E-state index in [1.807, 2.05) is 0 Å². The van der Waals surface area contributed by atoms with E-state index in [4.69, 9.17) is 9.47 Å². The first-order valence-corrected chi connectivity index (χ1v) is 8.43. The van der Waals surface area contributed by atoms with Crippen molar-refractivity contribution in [2.45, 2.75) is 32.7 Å². The third-order valence-electron chi connectivity index (χ3n) is 4.00. The molecule has 0 aromatic carbocycles. The quantitative estimate of drug-likeness (QED) is 0.357. The average Bonchev–Trinajstić information content (AvgIpc) is 3.01. The predicted molar refractivity (Wildman–Crippen MR) is 91.5 cm³/mol. The van der Waals surface area contributed by atoms with Gasteiger partial charge in [-0.05, 0) is 33.7 Å². The van der Waals surface area contributed by atoms with E-state index in [-0.39, 0.29) is 0 Å². The Bertz CT molecular complexity index is 305. The molecule has 0 aromatic rings. The Balaban J connectivity index is 1.96. The number of rotatable bonds is 10. The van der Waals surface area contributed by atoms with Crippen LogP contribution in [0.3, 0.4) is 0 Å². The van der Waals surface area contributed by atoms with Gasteiger partial charge in [-0.15, -0.1) is 0 Å². The Kier molecular flexibility index (Phi) is 10.2. The summed E-state index contributed by atoms with van der Waals surface area (Å²) in [5.74, 6) is 1.46. The van der Waals surface area contributed by atoms with Crippen LogP contribution in [0.1, 0.15) is 26.7 Å². The summed E-state index contributed by atoms with van der Waals surface area (Å²) >= 11 is 0. The second-order valence-corrected chi connectivity index (χ2v) is 6.16. The zero-order chi connectivity index (χ0) is 16.2. The van der Waals surface area contributed by atoms with Crippen LogP contribution in [-0.4, -0.2) is 77.1 Å². The summed E-state index contributed by atoms with van der Waals surface area (Å²) in [6.45, 7) is 10.5. The molecule has 130 valence electrons. The maximum Gasteiger partial charge on any atom is 0.191 e. The van der Waals surface area contributed by atoms with Gasteiger partial charge in [-0.2, -0.15) is 0 Å². The van der Waals surface area contributed by atoms with Crippen LogP contribution < -0.4 is 10.6 Å². The summed E-state index contributed by atoms with van der Waals surface area (Å²) in [5.41, 5.74) is 0. The maximum atomic E-state index is 5.69. The van der Waals surface area contributed by atoms with Gasteiger partial charge in [0.05, 0.1) is 13.2 Å². The molecular formula is C16H34N4O2. The molecule has 0 aromatic heterocycles. The van der Waals surface area contributed by atoms with Crippen molar-refractivity contribution in [3.63, 3.8) is 0 Å². The highest BCUT2D eigenvalue weighted by Crippen LogP contribution is 2.12. The van der Waals surface area contributed by atoms with Gasteiger partial charge in [0.2, 0.25) is 0 Å². The molecule has 0 spiro atoms. The molecule has 1 heterocycles. The number of ether oxygens (including phenoxy) is 2. The molecule has 6 heteroatoms. The van der Waals surface area contributed by atoms with Gasteiger partial charge in [0.1, 0.15) is 0 Å². The zero-order valence-corrected chi connectivity index (χ0v) is 14.7. The number of nitrogens with one attached hydrogen (secondary N) is 2. The van der Waals surface area contributed by atoms with Crippen molar-refractivity contribution >= 4 is 5.96 Å². The molecule has 0 radical (unpaired) electrons. The van der Waals surface area contributed by atoms with Crippen LogP contribution in [0.5, 0.6) is 0 Å². The first-order valence-electron chi connectivity index (χ1n) is 8.43. The summed E-state index contributed by atoms with van der Waals surface area (Å²) in [5, 5.41) is 6.65. The monoisotopic (exact) mass is 314 g/mol. The van der Waals surface area contributed by atoms with Crippen LogP contribution in [0.25, 0.3) is 0 Å². The smallest absolute Gasteiger partial charge is 0.191 e. The molecule has 22 heavy (non-hydrogen) atoms. The van der Waals surface area contributed by atoms with Gasteiger partial charge >= 0.3 is 0 Å². The van der Waals surface area contributed by atoms with E-state index in [9.17, 15) is 0 Å². The third kappa shape index (κ3) is 8.56. The molecule has 0 aliphatic carbocycles.